The van der Waals surface area contributed by atoms with Crippen molar-refractivity contribution in [3.05, 3.63) is 36.3 Å². The number of benzene rings is 1. The molecule has 0 bridgehead atoms. The second-order valence-corrected chi connectivity index (χ2v) is 7.01. The van der Waals surface area contributed by atoms with Crippen molar-refractivity contribution in [2.45, 2.75) is 43.8 Å². The number of rotatable bonds is 5. The van der Waals surface area contributed by atoms with Gasteiger partial charge >= 0.3 is 0 Å². The van der Waals surface area contributed by atoms with Crippen LogP contribution in [-0.4, -0.2) is 39.1 Å². The number of carbonyl (C=O) groups is 1. The summed E-state index contributed by atoms with van der Waals surface area (Å²) in [7, 11) is 0. The lowest BCUT2D eigenvalue weighted by Gasteiger charge is -2.35. The number of hydrogen-bond donors (Lipinski definition) is 1. The van der Waals surface area contributed by atoms with Crippen molar-refractivity contribution >= 4 is 17.7 Å². The van der Waals surface area contributed by atoms with E-state index in [9.17, 15) is 9.18 Å². The van der Waals surface area contributed by atoms with Crippen LogP contribution in [0.5, 0.6) is 0 Å². The van der Waals surface area contributed by atoms with Crippen LogP contribution in [-0.2, 0) is 4.79 Å². The molecule has 1 amide bonds. The van der Waals surface area contributed by atoms with Gasteiger partial charge in [0, 0.05) is 12.6 Å². The molecule has 1 aliphatic heterocycles. The van der Waals surface area contributed by atoms with Crippen LogP contribution in [0, 0.1) is 5.82 Å². The number of piperidine rings is 1. The van der Waals surface area contributed by atoms with E-state index in [-0.39, 0.29) is 11.7 Å². The van der Waals surface area contributed by atoms with Gasteiger partial charge in [-0.05, 0) is 55.5 Å². The van der Waals surface area contributed by atoms with Crippen molar-refractivity contribution in [1.82, 2.24) is 14.9 Å². The van der Waals surface area contributed by atoms with Crippen molar-refractivity contribution in [2.75, 3.05) is 12.3 Å². The van der Waals surface area contributed by atoms with Gasteiger partial charge in [0.15, 0.2) is 5.16 Å². The molecule has 1 aliphatic rings. The zero-order valence-electron chi connectivity index (χ0n) is 13.8. The fourth-order valence-corrected chi connectivity index (χ4v) is 3.85. The van der Waals surface area contributed by atoms with Gasteiger partial charge < -0.3 is 9.88 Å². The number of aromatic amines is 1. The predicted molar refractivity (Wildman–Crippen MR) is 94.3 cm³/mol. The summed E-state index contributed by atoms with van der Waals surface area (Å²) in [4.78, 5) is 22.0. The zero-order chi connectivity index (χ0) is 16.9. The molecule has 0 saturated carbocycles. The minimum atomic E-state index is -0.259. The van der Waals surface area contributed by atoms with Crippen LogP contribution in [0.25, 0.3) is 11.3 Å². The van der Waals surface area contributed by atoms with Gasteiger partial charge in [-0.2, -0.15) is 0 Å². The summed E-state index contributed by atoms with van der Waals surface area (Å²) in [6.45, 7) is 3.02. The number of carbonyl (C=O) groups excluding carboxylic acids is 1. The molecule has 2 aromatic rings. The first kappa shape index (κ1) is 17.0. The number of hydrogen-bond acceptors (Lipinski definition) is 3. The van der Waals surface area contributed by atoms with E-state index in [2.05, 4.69) is 16.9 Å². The topological polar surface area (TPSA) is 49.0 Å². The molecule has 1 atom stereocenters. The molecule has 0 spiro atoms. The smallest absolute Gasteiger partial charge is 0.233 e. The maximum atomic E-state index is 13.0. The van der Waals surface area contributed by atoms with Gasteiger partial charge in [-0.3, -0.25) is 4.79 Å². The molecule has 4 nitrogen and oxygen atoms in total. The number of amides is 1. The monoisotopic (exact) mass is 347 g/mol. The summed E-state index contributed by atoms with van der Waals surface area (Å²) < 4.78 is 13.0. The van der Waals surface area contributed by atoms with Gasteiger partial charge in [-0.25, -0.2) is 9.37 Å². The van der Waals surface area contributed by atoms with Crippen molar-refractivity contribution in [1.29, 1.82) is 0 Å². The molecule has 128 valence electrons. The number of nitrogens with zero attached hydrogens (tertiary/aromatic N) is 2. The molecular formula is C18H22FN3OS. The fourth-order valence-electron chi connectivity index (χ4n) is 3.12. The van der Waals surface area contributed by atoms with E-state index in [0.29, 0.717) is 17.0 Å². The number of H-pyrrole nitrogens is 1. The molecule has 0 aliphatic carbocycles. The quantitative estimate of drug-likeness (QED) is 0.829. The van der Waals surface area contributed by atoms with Crippen LogP contribution < -0.4 is 0 Å². The SMILES string of the molecule is CCC1CCCCN1C(=O)CSc1ncc(-c2ccc(F)cc2)[nH]1. The molecule has 1 saturated heterocycles. The van der Waals surface area contributed by atoms with E-state index in [1.165, 1.54) is 30.3 Å². The summed E-state index contributed by atoms with van der Waals surface area (Å²) in [5, 5.41) is 0.715. The molecule has 2 heterocycles. The van der Waals surface area contributed by atoms with Gasteiger partial charge in [-0.15, -0.1) is 0 Å². The molecular weight excluding hydrogens is 325 g/mol. The van der Waals surface area contributed by atoms with Crippen molar-refractivity contribution in [3.63, 3.8) is 0 Å². The number of aromatic nitrogens is 2. The Morgan fingerprint density at radius 3 is 2.92 bits per heavy atom. The zero-order valence-corrected chi connectivity index (χ0v) is 14.6. The third-order valence-electron chi connectivity index (χ3n) is 4.46. The van der Waals surface area contributed by atoms with E-state index in [1.807, 2.05) is 4.90 Å². The maximum absolute atomic E-state index is 13.0. The molecule has 3 rings (SSSR count). The summed E-state index contributed by atoms with van der Waals surface area (Å²) in [6, 6.07) is 6.66. The lowest BCUT2D eigenvalue weighted by atomic mass is 10.0. The lowest BCUT2D eigenvalue weighted by molar-refractivity contribution is -0.132. The highest BCUT2D eigenvalue weighted by atomic mass is 32.2. The Morgan fingerprint density at radius 1 is 1.38 bits per heavy atom. The summed E-state index contributed by atoms with van der Waals surface area (Å²) in [6.07, 6.45) is 6.17. The van der Waals surface area contributed by atoms with Crippen molar-refractivity contribution in [2.24, 2.45) is 0 Å². The summed E-state index contributed by atoms with van der Waals surface area (Å²) >= 11 is 1.42. The Hall–Kier alpha value is -1.82. The Balaban J connectivity index is 1.59. The van der Waals surface area contributed by atoms with Gasteiger partial charge in [0.2, 0.25) is 5.91 Å². The number of likely N-dealkylation sites (tertiary alicyclic amines) is 1. The molecule has 6 heteroatoms. The number of nitrogens with one attached hydrogen (secondary N) is 1. The molecule has 1 fully saturated rings. The molecule has 1 unspecified atom stereocenters. The first-order valence-corrected chi connectivity index (χ1v) is 9.39. The van der Waals surface area contributed by atoms with Gasteiger partial charge in [0.05, 0.1) is 17.6 Å². The largest absolute Gasteiger partial charge is 0.339 e. The maximum Gasteiger partial charge on any atom is 0.233 e. The average molecular weight is 347 g/mol. The van der Waals surface area contributed by atoms with Gasteiger partial charge in [0.25, 0.3) is 0 Å². The number of imidazole rings is 1. The van der Waals surface area contributed by atoms with Crippen LogP contribution in [0.1, 0.15) is 32.6 Å². The van der Waals surface area contributed by atoms with E-state index in [0.717, 1.165) is 37.1 Å². The third-order valence-corrected chi connectivity index (χ3v) is 5.33. The molecule has 1 aromatic carbocycles. The van der Waals surface area contributed by atoms with E-state index < -0.39 is 0 Å². The van der Waals surface area contributed by atoms with Crippen molar-refractivity contribution < 1.29 is 9.18 Å². The van der Waals surface area contributed by atoms with E-state index in [4.69, 9.17) is 0 Å². The van der Waals surface area contributed by atoms with Crippen LogP contribution in [0.15, 0.2) is 35.6 Å². The van der Waals surface area contributed by atoms with Crippen LogP contribution in [0.2, 0.25) is 0 Å². The fraction of sp³-hybridized carbons (Fsp3) is 0.444. The third kappa shape index (κ3) is 3.98. The van der Waals surface area contributed by atoms with Crippen LogP contribution >= 0.6 is 11.8 Å². The lowest BCUT2D eigenvalue weighted by Crippen LogP contribution is -2.44. The molecule has 1 aromatic heterocycles. The summed E-state index contributed by atoms with van der Waals surface area (Å²) in [5.41, 5.74) is 1.71. The molecule has 24 heavy (non-hydrogen) atoms. The average Bonchev–Trinajstić information content (AvgIpc) is 3.09. The molecule has 0 radical (unpaired) electrons. The Labute approximate surface area is 145 Å². The van der Waals surface area contributed by atoms with E-state index >= 15 is 0 Å². The molecule has 1 N–H and O–H groups in total. The minimum Gasteiger partial charge on any atom is -0.339 e. The van der Waals surface area contributed by atoms with Crippen LogP contribution in [0.3, 0.4) is 0 Å². The number of halogens is 1. The normalized spacial score (nSPS) is 17.9. The Bertz CT molecular complexity index is 686. The predicted octanol–water partition coefficient (Wildman–Crippen LogP) is 4.10. The van der Waals surface area contributed by atoms with Gasteiger partial charge in [0.1, 0.15) is 5.82 Å². The summed E-state index contributed by atoms with van der Waals surface area (Å²) in [5.74, 6) is 0.323. The standard InChI is InChI=1S/C18H22FN3OS/c1-2-15-5-3-4-10-22(15)17(23)12-24-18-20-11-16(21-18)13-6-8-14(19)9-7-13/h6-9,11,15H,2-5,10,12H2,1H3,(H,20,21). The Kier molecular flexibility index (Phi) is 5.56. The second kappa shape index (κ2) is 7.83. The van der Waals surface area contributed by atoms with Crippen molar-refractivity contribution in [3.8, 4) is 11.3 Å². The highest BCUT2D eigenvalue weighted by Crippen LogP contribution is 2.24. The number of thioether (sulfide) groups is 1. The first-order valence-electron chi connectivity index (χ1n) is 8.40. The highest BCUT2D eigenvalue weighted by molar-refractivity contribution is 7.99. The highest BCUT2D eigenvalue weighted by Gasteiger charge is 2.25. The van der Waals surface area contributed by atoms with Crippen LogP contribution in [0.4, 0.5) is 4.39 Å². The Morgan fingerprint density at radius 2 is 2.17 bits per heavy atom. The van der Waals surface area contributed by atoms with E-state index in [1.54, 1.807) is 18.3 Å². The van der Waals surface area contributed by atoms with Gasteiger partial charge in [-0.1, -0.05) is 18.7 Å². The second-order valence-electron chi connectivity index (χ2n) is 6.04. The first-order chi connectivity index (χ1) is 11.7. The minimum absolute atomic E-state index is 0.186.